The highest BCUT2D eigenvalue weighted by Gasteiger charge is 2.54. The number of carbonyl (C=O) groups excluding carboxylic acids is 1. The van der Waals surface area contributed by atoms with Crippen molar-refractivity contribution in [2.45, 2.75) is 83.6 Å². The summed E-state index contributed by atoms with van der Waals surface area (Å²) in [5, 5.41) is 3.54. The summed E-state index contributed by atoms with van der Waals surface area (Å²) in [5.41, 5.74) is 0.476. The Hall–Kier alpha value is -0.530. The van der Waals surface area contributed by atoms with Gasteiger partial charge < -0.3 is 5.32 Å². The van der Waals surface area contributed by atoms with E-state index in [1.165, 1.54) is 57.8 Å². The van der Waals surface area contributed by atoms with E-state index >= 15 is 0 Å². The minimum Gasteiger partial charge on any atom is -0.353 e. The van der Waals surface area contributed by atoms with Crippen molar-refractivity contribution in [3.8, 4) is 0 Å². The van der Waals surface area contributed by atoms with Crippen LogP contribution in [-0.4, -0.2) is 11.9 Å². The summed E-state index contributed by atoms with van der Waals surface area (Å²) < 4.78 is 0. The standard InChI is InChI=1S/C19H31NO/c1-2-4-17(20-18(21)16-5-3-6-16)19-10-13-7-14(11-19)9-15(8-13)12-19/h13-17H,2-12H2,1H3,(H,20,21)/t13?,14?,15?,17-,19?/m0/s1. The molecule has 1 amide bonds. The van der Waals surface area contributed by atoms with Crippen molar-refractivity contribution in [1.29, 1.82) is 0 Å². The molecule has 5 fully saturated rings. The van der Waals surface area contributed by atoms with Gasteiger partial charge in [-0.25, -0.2) is 0 Å². The van der Waals surface area contributed by atoms with Gasteiger partial charge in [-0.2, -0.15) is 0 Å². The highest BCUT2D eigenvalue weighted by atomic mass is 16.2. The lowest BCUT2D eigenvalue weighted by atomic mass is 9.47. The van der Waals surface area contributed by atoms with E-state index in [0.717, 1.165) is 30.6 Å². The van der Waals surface area contributed by atoms with Gasteiger partial charge in [0.2, 0.25) is 5.91 Å². The minimum atomic E-state index is 0.346. The summed E-state index contributed by atoms with van der Waals surface area (Å²) in [6.07, 6.45) is 14.6. The van der Waals surface area contributed by atoms with Gasteiger partial charge in [0.15, 0.2) is 0 Å². The maximum absolute atomic E-state index is 12.5. The molecule has 0 aromatic heterocycles. The molecule has 0 unspecified atom stereocenters. The first-order chi connectivity index (χ1) is 10.2. The van der Waals surface area contributed by atoms with E-state index in [1.807, 2.05) is 0 Å². The summed E-state index contributed by atoms with van der Waals surface area (Å²) in [5.74, 6) is 3.68. The maximum atomic E-state index is 12.5. The number of carbonyl (C=O) groups is 1. The van der Waals surface area contributed by atoms with Crippen LogP contribution in [0.1, 0.15) is 77.6 Å². The molecule has 2 nitrogen and oxygen atoms in total. The first kappa shape index (κ1) is 14.1. The molecule has 21 heavy (non-hydrogen) atoms. The van der Waals surface area contributed by atoms with E-state index < -0.39 is 0 Å². The Morgan fingerprint density at radius 1 is 1.10 bits per heavy atom. The summed E-state index contributed by atoms with van der Waals surface area (Å²) in [6.45, 7) is 2.28. The third-order valence-corrected chi connectivity index (χ3v) is 7.19. The highest BCUT2D eigenvalue weighted by molar-refractivity contribution is 5.79. The third kappa shape index (κ3) is 2.43. The topological polar surface area (TPSA) is 29.1 Å². The molecule has 0 aliphatic heterocycles. The van der Waals surface area contributed by atoms with Crippen LogP contribution in [0.15, 0.2) is 0 Å². The van der Waals surface area contributed by atoms with Gasteiger partial charge in [0.1, 0.15) is 0 Å². The highest BCUT2D eigenvalue weighted by Crippen LogP contribution is 2.61. The molecule has 0 heterocycles. The molecule has 118 valence electrons. The van der Waals surface area contributed by atoms with Crippen LogP contribution in [0.25, 0.3) is 0 Å². The van der Waals surface area contributed by atoms with Crippen LogP contribution < -0.4 is 5.32 Å². The second-order valence-electron chi connectivity index (χ2n) is 8.76. The molecule has 1 atom stereocenters. The van der Waals surface area contributed by atoms with Gasteiger partial charge >= 0.3 is 0 Å². The number of rotatable bonds is 5. The monoisotopic (exact) mass is 289 g/mol. The molecule has 5 aliphatic carbocycles. The third-order valence-electron chi connectivity index (χ3n) is 7.19. The van der Waals surface area contributed by atoms with Gasteiger partial charge in [0, 0.05) is 12.0 Å². The Labute approximate surface area is 129 Å². The lowest BCUT2D eigenvalue weighted by Gasteiger charge is -2.59. The molecule has 0 saturated heterocycles. The van der Waals surface area contributed by atoms with Gasteiger partial charge in [-0.05, 0) is 81.0 Å². The Kier molecular flexibility index (Phi) is 3.54. The largest absolute Gasteiger partial charge is 0.353 e. The fraction of sp³-hybridized carbons (Fsp3) is 0.947. The van der Waals surface area contributed by atoms with Crippen molar-refractivity contribution in [1.82, 2.24) is 5.32 Å². The minimum absolute atomic E-state index is 0.346. The fourth-order valence-electron chi connectivity index (χ4n) is 6.38. The zero-order valence-corrected chi connectivity index (χ0v) is 13.6. The van der Waals surface area contributed by atoms with E-state index in [4.69, 9.17) is 0 Å². The Bertz CT molecular complexity index is 377. The Morgan fingerprint density at radius 2 is 1.67 bits per heavy atom. The molecule has 0 radical (unpaired) electrons. The molecule has 0 spiro atoms. The van der Waals surface area contributed by atoms with E-state index in [2.05, 4.69) is 12.2 Å². The normalized spacial score (nSPS) is 42.6. The molecule has 4 bridgehead atoms. The summed E-state index contributed by atoms with van der Waals surface area (Å²) in [7, 11) is 0. The quantitative estimate of drug-likeness (QED) is 0.804. The second kappa shape index (κ2) is 5.28. The van der Waals surface area contributed by atoms with Crippen molar-refractivity contribution < 1.29 is 4.79 Å². The molecule has 5 aliphatic rings. The summed E-state index contributed by atoms with van der Waals surface area (Å²) in [4.78, 5) is 12.5. The Morgan fingerprint density at radius 3 is 2.10 bits per heavy atom. The predicted octanol–water partition coefficient (Wildman–Crippen LogP) is 4.29. The van der Waals surface area contributed by atoms with Crippen molar-refractivity contribution >= 4 is 5.91 Å². The summed E-state index contributed by atoms with van der Waals surface area (Å²) >= 11 is 0. The number of nitrogens with one attached hydrogen (secondary N) is 1. The maximum Gasteiger partial charge on any atom is 0.223 e. The van der Waals surface area contributed by atoms with E-state index in [1.54, 1.807) is 0 Å². The van der Waals surface area contributed by atoms with E-state index in [0.29, 0.717) is 23.3 Å². The zero-order valence-electron chi connectivity index (χ0n) is 13.6. The first-order valence-electron chi connectivity index (χ1n) is 9.49. The lowest BCUT2D eigenvalue weighted by Crippen LogP contribution is -2.57. The van der Waals surface area contributed by atoms with Crippen molar-refractivity contribution in [3.05, 3.63) is 0 Å². The first-order valence-corrected chi connectivity index (χ1v) is 9.49. The van der Waals surface area contributed by atoms with Gasteiger partial charge in [-0.1, -0.05) is 19.8 Å². The molecule has 5 saturated carbocycles. The van der Waals surface area contributed by atoms with Crippen LogP contribution in [-0.2, 0) is 4.79 Å². The molecular formula is C19H31NO. The van der Waals surface area contributed by atoms with Gasteiger partial charge in [-0.15, -0.1) is 0 Å². The predicted molar refractivity (Wildman–Crippen MR) is 84.8 cm³/mol. The van der Waals surface area contributed by atoms with Gasteiger partial charge in [0.25, 0.3) is 0 Å². The lowest BCUT2D eigenvalue weighted by molar-refractivity contribution is -0.132. The van der Waals surface area contributed by atoms with E-state index in [9.17, 15) is 4.79 Å². The van der Waals surface area contributed by atoms with Gasteiger partial charge in [0.05, 0.1) is 0 Å². The SMILES string of the molecule is CCC[C@H](NC(=O)C1CCC1)C12CC3CC(CC(C3)C1)C2. The van der Waals surface area contributed by atoms with Crippen molar-refractivity contribution in [3.63, 3.8) is 0 Å². The van der Waals surface area contributed by atoms with Crippen LogP contribution in [0.3, 0.4) is 0 Å². The number of amides is 1. The second-order valence-corrected chi connectivity index (χ2v) is 8.76. The van der Waals surface area contributed by atoms with E-state index in [-0.39, 0.29) is 0 Å². The number of hydrogen-bond donors (Lipinski definition) is 1. The molecule has 0 aromatic rings. The molecular weight excluding hydrogens is 258 g/mol. The van der Waals surface area contributed by atoms with Crippen LogP contribution in [0.5, 0.6) is 0 Å². The van der Waals surface area contributed by atoms with Gasteiger partial charge in [-0.3, -0.25) is 4.79 Å². The van der Waals surface area contributed by atoms with Crippen LogP contribution >= 0.6 is 0 Å². The molecule has 5 rings (SSSR count). The average Bonchev–Trinajstić information content (AvgIpc) is 2.34. The van der Waals surface area contributed by atoms with Crippen molar-refractivity contribution in [2.75, 3.05) is 0 Å². The molecule has 0 aromatic carbocycles. The summed E-state index contributed by atoms with van der Waals surface area (Å²) in [6, 6.07) is 0.476. The van der Waals surface area contributed by atoms with Crippen LogP contribution in [0.4, 0.5) is 0 Å². The zero-order chi connectivity index (χ0) is 14.4. The average molecular weight is 289 g/mol. The molecule has 2 heteroatoms. The van der Waals surface area contributed by atoms with Crippen LogP contribution in [0, 0.1) is 29.1 Å². The Balaban J connectivity index is 1.51. The number of hydrogen-bond acceptors (Lipinski definition) is 1. The smallest absolute Gasteiger partial charge is 0.223 e. The van der Waals surface area contributed by atoms with Crippen LogP contribution in [0.2, 0.25) is 0 Å². The fourth-order valence-corrected chi connectivity index (χ4v) is 6.38. The van der Waals surface area contributed by atoms with Crippen molar-refractivity contribution in [2.24, 2.45) is 29.1 Å². The molecule has 1 N–H and O–H groups in total.